The van der Waals surface area contributed by atoms with Crippen LogP contribution in [0, 0.1) is 0 Å². The van der Waals surface area contributed by atoms with E-state index in [1.165, 1.54) is 6.26 Å². The SMILES string of the molecule is CCCOc1ccc(CNC(=O)C2CCCCN2C(=O)c2ccco2)cn1. The first-order valence-electron chi connectivity index (χ1n) is 9.39. The molecule has 7 heteroatoms. The molecule has 144 valence electrons. The number of hydrogen-bond donors (Lipinski definition) is 1. The molecule has 0 radical (unpaired) electrons. The Morgan fingerprint density at radius 1 is 1.33 bits per heavy atom. The number of nitrogens with one attached hydrogen (secondary N) is 1. The standard InChI is InChI=1S/C20H25N3O4/c1-2-11-27-18-9-8-15(13-21-18)14-22-19(24)16-6-3-4-10-23(16)20(25)17-7-5-12-26-17/h5,7-9,12-13,16H,2-4,6,10-11,14H2,1H3,(H,22,24). The predicted octanol–water partition coefficient (Wildman–Crippen LogP) is 2.77. The number of aromatic nitrogens is 1. The molecule has 1 aliphatic heterocycles. The molecule has 2 amide bonds. The maximum absolute atomic E-state index is 12.7. The summed E-state index contributed by atoms with van der Waals surface area (Å²) in [5, 5.41) is 2.92. The summed E-state index contributed by atoms with van der Waals surface area (Å²) in [5.74, 6) is 0.454. The monoisotopic (exact) mass is 371 g/mol. The molecule has 3 rings (SSSR count). The second-order valence-corrected chi connectivity index (χ2v) is 6.56. The maximum Gasteiger partial charge on any atom is 0.290 e. The molecule has 3 heterocycles. The molecule has 1 N–H and O–H groups in total. The van der Waals surface area contributed by atoms with Gasteiger partial charge in [0.05, 0.1) is 12.9 Å². The van der Waals surface area contributed by atoms with Crippen molar-refractivity contribution in [2.24, 2.45) is 0 Å². The number of carbonyl (C=O) groups is 2. The molecule has 0 spiro atoms. The second-order valence-electron chi connectivity index (χ2n) is 6.56. The van der Waals surface area contributed by atoms with Crippen LogP contribution in [-0.4, -0.2) is 40.9 Å². The third kappa shape index (κ3) is 4.87. The fourth-order valence-corrected chi connectivity index (χ4v) is 3.10. The molecule has 2 aromatic rings. The highest BCUT2D eigenvalue weighted by Gasteiger charge is 2.33. The van der Waals surface area contributed by atoms with Crippen molar-refractivity contribution < 1.29 is 18.7 Å². The molecule has 0 bridgehead atoms. The Bertz CT molecular complexity index is 743. The van der Waals surface area contributed by atoms with Crippen LogP contribution in [0.3, 0.4) is 0 Å². The van der Waals surface area contributed by atoms with Crippen LogP contribution >= 0.6 is 0 Å². The molecule has 1 aliphatic rings. The normalized spacial score (nSPS) is 16.8. The summed E-state index contributed by atoms with van der Waals surface area (Å²) < 4.78 is 10.7. The summed E-state index contributed by atoms with van der Waals surface area (Å²) in [7, 11) is 0. The summed E-state index contributed by atoms with van der Waals surface area (Å²) in [6.45, 7) is 3.58. The first-order chi connectivity index (χ1) is 13.2. The smallest absolute Gasteiger partial charge is 0.290 e. The Morgan fingerprint density at radius 2 is 2.22 bits per heavy atom. The van der Waals surface area contributed by atoms with E-state index < -0.39 is 6.04 Å². The van der Waals surface area contributed by atoms with Crippen LogP contribution in [0.15, 0.2) is 41.1 Å². The van der Waals surface area contributed by atoms with E-state index in [1.807, 2.05) is 13.0 Å². The Balaban J connectivity index is 1.57. The Hall–Kier alpha value is -2.83. The first kappa shape index (κ1) is 18.9. The molecule has 27 heavy (non-hydrogen) atoms. The molecule has 1 unspecified atom stereocenters. The van der Waals surface area contributed by atoms with Gasteiger partial charge in [-0.25, -0.2) is 4.98 Å². The third-order valence-corrected chi connectivity index (χ3v) is 4.52. The Morgan fingerprint density at radius 3 is 2.93 bits per heavy atom. The predicted molar refractivity (Wildman–Crippen MR) is 99.3 cm³/mol. The zero-order valence-electron chi connectivity index (χ0n) is 15.5. The minimum absolute atomic E-state index is 0.152. The van der Waals surface area contributed by atoms with Crippen LogP contribution in [0.25, 0.3) is 0 Å². The molecule has 1 saturated heterocycles. The highest BCUT2D eigenvalue weighted by Crippen LogP contribution is 2.20. The van der Waals surface area contributed by atoms with E-state index in [0.717, 1.165) is 24.8 Å². The highest BCUT2D eigenvalue weighted by molar-refractivity contribution is 5.95. The molecule has 0 saturated carbocycles. The number of amides is 2. The van der Waals surface area contributed by atoms with Crippen LogP contribution in [-0.2, 0) is 11.3 Å². The fraction of sp³-hybridized carbons (Fsp3) is 0.450. The first-order valence-corrected chi connectivity index (χ1v) is 9.39. The largest absolute Gasteiger partial charge is 0.478 e. The minimum atomic E-state index is -0.475. The van der Waals surface area contributed by atoms with Crippen molar-refractivity contribution in [3.05, 3.63) is 48.0 Å². The number of nitrogens with zero attached hydrogens (tertiary/aromatic N) is 2. The molecule has 1 atom stereocenters. The molecule has 2 aromatic heterocycles. The van der Waals surface area contributed by atoms with E-state index in [9.17, 15) is 9.59 Å². The summed E-state index contributed by atoms with van der Waals surface area (Å²) in [6.07, 6.45) is 6.55. The van der Waals surface area contributed by atoms with E-state index >= 15 is 0 Å². The highest BCUT2D eigenvalue weighted by atomic mass is 16.5. The summed E-state index contributed by atoms with van der Waals surface area (Å²) in [4.78, 5) is 31.1. The third-order valence-electron chi connectivity index (χ3n) is 4.52. The summed E-state index contributed by atoms with van der Waals surface area (Å²) in [6, 6.07) is 6.50. The number of pyridine rings is 1. The fourth-order valence-electron chi connectivity index (χ4n) is 3.10. The number of rotatable bonds is 7. The maximum atomic E-state index is 12.7. The number of furan rings is 1. The van der Waals surface area contributed by atoms with Crippen molar-refractivity contribution >= 4 is 11.8 Å². The zero-order chi connectivity index (χ0) is 19.1. The van der Waals surface area contributed by atoms with Crippen molar-refractivity contribution in [2.45, 2.75) is 45.2 Å². The lowest BCUT2D eigenvalue weighted by molar-refractivity contribution is -0.126. The average Bonchev–Trinajstić information content (AvgIpc) is 3.25. The van der Waals surface area contributed by atoms with Gasteiger partial charge < -0.3 is 19.4 Å². The van der Waals surface area contributed by atoms with Crippen molar-refractivity contribution in [3.63, 3.8) is 0 Å². The lowest BCUT2D eigenvalue weighted by Gasteiger charge is -2.34. The van der Waals surface area contributed by atoms with E-state index in [2.05, 4.69) is 10.3 Å². The quantitative estimate of drug-likeness (QED) is 0.809. The van der Waals surface area contributed by atoms with Gasteiger partial charge in [-0.05, 0) is 43.4 Å². The van der Waals surface area contributed by atoms with Crippen molar-refractivity contribution in [2.75, 3.05) is 13.2 Å². The van der Waals surface area contributed by atoms with Gasteiger partial charge in [0.15, 0.2) is 5.76 Å². The molecular formula is C20H25N3O4. The van der Waals surface area contributed by atoms with E-state index in [4.69, 9.17) is 9.15 Å². The van der Waals surface area contributed by atoms with Crippen LogP contribution in [0.5, 0.6) is 5.88 Å². The van der Waals surface area contributed by atoms with Crippen LogP contribution in [0.2, 0.25) is 0 Å². The second kappa shape index (κ2) is 9.21. The average molecular weight is 371 g/mol. The van der Waals surface area contributed by atoms with Crippen LogP contribution in [0.4, 0.5) is 0 Å². The number of hydrogen-bond acceptors (Lipinski definition) is 5. The van der Waals surface area contributed by atoms with Gasteiger partial charge in [-0.2, -0.15) is 0 Å². The molecule has 0 aliphatic carbocycles. The van der Waals surface area contributed by atoms with Gasteiger partial charge >= 0.3 is 0 Å². The van der Waals surface area contributed by atoms with Gasteiger partial charge in [0.2, 0.25) is 11.8 Å². The van der Waals surface area contributed by atoms with Crippen molar-refractivity contribution in [1.29, 1.82) is 0 Å². The zero-order valence-corrected chi connectivity index (χ0v) is 15.5. The van der Waals surface area contributed by atoms with Crippen LogP contribution in [0.1, 0.15) is 48.7 Å². The van der Waals surface area contributed by atoms with E-state index in [1.54, 1.807) is 29.3 Å². The lowest BCUT2D eigenvalue weighted by atomic mass is 10.0. The van der Waals surface area contributed by atoms with Crippen molar-refractivity contribution in [3.8, 4) is 5.88 Å². The molecule has 1 fully saturated rings. The van der Waals surface area contributed by atoms with E-state index in [-0.39, 0.29) is 17.6 Å². The summed E-state index contributed by atoms with van der Waals surface area (Å²) in [5.41, 5.74) is 0.881. The Kier molecular flexibility index (Phi) is 6.46. The van der Waals surface area contributed by atoms with Gasteiger partial charge in [0.25, 0.3) is 5.91 Å². The van der Waals surface area contributed by atoms with Gasteiger partial charge in [0.1, 0.15) is 6.04 Å². The number of piperidine rings is 1. The lowest BCUT2D eigenvalue weighted by Crippen LogP contribution is -2.51. The van der Waals surface area contributed by atoms with Gasteiger partial charge in [-0.3, -0.25) is 9.59 Å². The number of ether oxygens (including phenoxy) is 1. The van der Waals surface area contributed by atoms with Crippen LogP contribution < -0.4 is 10.1 Å². The summed E-state index contributed by atoms with van der Waals surface area (Å²) >= 11 is 0. The topological polar surface area (TPSA) is 84.7 Å². The minimum Gasteiger partial charge on any atom is -0.478 e. The number of likely N-dealkylation sites (tertiary alicyclic amines) is 1. The van der Waals surface area contributed by atoms with E-state index in [0.29, 0.717) is 32.0 Å². The van der Waals surface area contributed by atoms with Crippen molar-refractivity contribution in [1.82, 2.24) is 15.2 Å². The number of carbonyl (C=O) groups excluding carboxylic acids is 2. The Labute approximate surface area is 158 Å². The van der Waals surface area contributed by atoms with Gasteiger partial charge in [-0.1, -0.05) is 13.0 Å². The molecule has 7 nitrogen and oxygen atoms in total. The molecule has 0 aromatic carbocycles. The molecular weight excluding hydrogens is 346 g/mol. The van der Waals surface area contributed by atoms with Gasteiger partial charge in [0, 0.05) is 25.4 Å². The van der Waals surface area contributed by atoms with Gasteiger partial charge in [-0.15, -0.1) is 0 Å².